The monoisotopic (exact) mass is 283 g/mol. The summed E-state index contributed by atoms with van der Waals surface area (Å²) in [6.45, 7) is 0. The molecular weight excluding hydrogens is 272 g/mol. The van der Waals surface area contributed by atoms with Crippen LogP contribution in [0.15, 0.2) is 30.2 Å². The van der Waals surface area contributed by atoms with Gasteiger partial charge in [0.25, 0.3) is 6.43 Å². The topological polar surface area (TPSA) is 49.7 Å². The first-order valence-corrected chi connectivity index (χ1v) is 6.52. The molecule has 2 aromatic rings. The van der Waals surface area contributed by atoms with Gasteiger partial charge in [-0.3, -0.25) is 9.78 Å². The van der Waals surface area contributed by atoms with Gasteiger partial charge in [-0.2, -0.15) is 10.2 Å². The van der Waals surface area contributed by atoms with Gasteiger partial charge in [0, 0.05) is 31.2 Å². The summed E-state index contributed by atoms with van der Waals surface area (Å²) in [6, 6.07) is 0. The number of nitrogens with zero attached hydrogens (tertiary/aromatic N) is 4. The first-order chi connectivity index (χ1) is 9.16. The second-order valence-electron chi connectivity index (χ2n) is 4.09. The van der Waals surface area contributed by atoms with E-state index in [1.165, 1.54) is 16.4 Å². The molecule has 0 bridgehead atoms. The van der Waals surface area contributed by atoms with E-state index >= 15 is 0 Å². The van der Waals surface area contributed by atoms with Crippen LogP contribution in [-0.2, 0) is 7.05 Å². The summed E-state index contributed by atoms with van der Waals surface area (Å²) in [5.74, 6) is 0. The first-order valence-electron chi connectivity index (χ1n) is 5.57. The maximum absolute atomic E-state index is 13.0. The fourth-order valence-corrected chi connectivity index (χ4v) is 2.96. The number of aromatic nitrogens is 4. The van der Waals surface area contributed by atoms with Crippen molar-refractivity contribution < 1.29 is 8.78 Å². The van der Waals surface area contributed by atoms with Gasteiger partial charge in [-0.25, -0.2) is 8.78 Å². The number of hydrogen-bond donors (Lipinski definition) is 1. The quantitative estimate of drug-likeness (QED) is 0.941. The van der Waals surface area contributed by atoms with Gasteiger partial charge in [0.1, 0.15) is 5.37 Å². The van der Waals surface area contributed by atoms with Crippen LogP contribution < -0.4 is 4.90 Å². The van der Waals surface area contributed by atoms with Crippen molar-refractivity contribution in [2.75, 3.05) is 4.90 Å². The van der Waals surface area contributed by atoms with Crippen LogP contribution in [0.3, 0.4) is 0 Å². The van der Waals surface area contributed by atoms with Crippen LogP contribution >= 0.6 is 11.8 Å². The normalized spacial score (nSPS) is 18.7. The van der Waals surface area contributed by atoms with Gasteiger partial charge in [0.05, 0.1) is 11.9 Å². The van der Waals surface area contributed by atoms with E-state index in [0.29, 0.717) is 5.69 Å². The van der Waals surface area contributed by atoms with Crippen LogP contribution in [0.25, 0.3) is 0 Å². The third-order valence-corrected chi connectivity index (χ3v) is 3.84. The van der Waals surface area contributed by atoms with Crippen molar-refractivity contribution in [2.45, 2.75) is 11.8 Å². The zero-order valence-electron chi connectivity index (χ0n) is 9.99. The van der Waals surface area contributed by atoms with E-state index in [-0.39, 0.29) is 11.1 Å². The van der Waals surface area contributed by atoms with Gasteiger partial charge in [0.15, 0.2) is 5.69 Å². The molecule has 0 aliphatic carbocycles. The smallest absolute Gasteiger partial charge is 0.284 e. The van der Waals surface area contributed by atoms with Crippen LogP contribution in [0.2, 0.25) is 0 Å². The first kappa shape index (κ1) is 12.2. The number of hydrogen-bond acceptors (Lipinski definition) is 4. The lowest BCUT2D eigenvalue weighted by molar-refractivity contribution is 0.145. The molecule has 0 fully saturated rings. The van der Waals surface area contributed by atoms with Crippen molar-refractivity contribution in [1.82, 2.24) is 20.0 Å². The number of rotatable bonds is 3. The Morgan fingerprint density at radius 1 is 1.47 bits per heavy atom. The molecule has 0 amide bonds. The van der Waals surface area contributed by atoms with Crippen LogP contribution in [0.5, 0.6) is 0 Å². The van der Waals surface area contributed by atoms with Gasteiger partial charge in [-0.15, -0.1) is 11.8 Å². The third kappa shape index (κ3) is 2.12. The SMILES string of the molecule is Cn1cc(N2C=CSC2c2cn[nH]c2)c(C(F)F)n1. The lowest BCUT2D eigenvalue weighted by Gasteiger charge is -2.23. The minimum atomic E-state index is -2.60. The van der Waals surface area contributed by atoms with Crippen molar-refractivity contribution in [2.24, 2.45) is 7.05 Å². The van der Waals surface area contributed by atoms with E-state index < -0.39 is 6.43 Å². The number of halogens is 2. The van der Waals surface area contributed by atoms with Gasteiger partial charge in [-0.1, -0.05) is 0 Å². The molecule has 19 heavy (non-hydrogen) atoms. The molecule has 0 saturated carbocycles. The van der Waals surface area contributed by atoms with E-state index in [1.807, 2.05) is 5.41 Å². The Labute approximate surface area is 112 Å². The van der Waals surface area contributed by atoms with E-state index in [9.17, 15) is 8.78 Å². The Morgan fingerprint density at radius 3 is 3.00 bits per heavy atom. The summed E-state index contributed by atoms with van der Waals surface area (Å²) in [6.07, 6.45) is 4.24. The molecular formula is C11H11F2N5S. The van der Waals surface area contributed by atoms with Gasteiger partial charge in [0.2, 0.25) is 0 Å². The second-order valence-corrected chi connectivity index (χ2v) is 5.08. The average Bonchev–Trinajstić information content (AvgIpc) is 3.07. The molecule has 3 heterocycles. The van der Waals surface area contributed by atoms with Crippen molar-refractivity contribution in [1.29, 1.82) is 0 Å². The molecule has 8 heteroatoms. The maximum Gasteiger partial charge on any atom is 0.284 e. The molecule has 0 aromatic carbocycles. The minimum Gasteiger partial charge on any atom is -0.327 e. The van der Waals surface area contributed by atoms with E-state index in [2.05, 4.69) is 15.3 Å². The van der Waals surface area contributed by atoms with Crippen LogP contribution in [0.1, 0.15) is 23.1 Å². The molecule has 1 unspecified atom stereocenters. The zero-order valence-corrected chi connectivity index (χ0v) is 10.8. The minimum absolute atomic E-state index is 0.0968. The Balaban J connectivity index is 1.99. The Bertz CT molecular complexity index is 592. The highest BCUT2D eigenvalue weighted by Crippen LogP contribution is 2.43. The van der Waals surface area contributed by atoms with E-state index in [1.54, 1.807) is 36.7 Å². The zero-order chi connectivity index (χ0) is 13.4. The lowest BCUT2D eigenvalue weighted by atomic mass is 10.3. The summed E-state index contributed by atoms with van der Waals surface area (Å²) in [7, 11) is 1.63. The summed E-state index contributed by atoms with van der Waals surface area (Å²) in [5.41, 5.74) is 1.15. The second kappa shape index (κ2) is 4.69. The van der Waals surface area contributed by atoms with E-state index in [4.69, 9.17) is 0 Å². The highest BCUT2D eigenvalue weighted by molar-refractivity contribution is 8.02. The number of alkyl halides is 2. The van der Waals surface area contributed by atoms with Crippen LogP contribution in [-0.4, -0.2) is 20.0 Å². The molecule has 5 nitrogen and oxygen atoms in total. The molecule has 100 valence electrons. The maximum atomic E-state index is 13.0. The highest BCUT2D eigenvalue weighted by atomic mass is 32.2. The number of aryl methyl sites for hydroxylation is 1. The number of nitrogens with one attached hydrogen (secondary N) is 1. The fourth-order valence-electron chi connectivity index (χ4n) is 2.01. The Hall–Kier alpha value is -1.83. The largest absolute Gasteiger partial charge is 0.327 e. The third-order valence-electron chi connectivity index (χ3n) is 2.81. The summed E-state index contributed by atoms with van der Waals surface area (Å²) >= 11 is 1.54. The number of H-pyrrole nitrogens is 1. The fraction of sp³-hybridized carbons (Fsp3) is 0.273. The molecule has 0 spiro atoms. The Kier molecular flexibility index (Phi) is 3.02. The molecule has 2 aromatic heterocycles. The predicted molar refractivity (Wildman–Crippen MR) is 68.7 cm³/mol. The molecule has 1 aliphatic heterocycles. The van der Waals surface area contributed by atoms with Gasteiger partial charge in [-0.05, 0) is 5.41 Å². The molecule has 1 aliphatic rings. The van der Waals surface area contributed by atoms with Gasteiger partial charge < -0.3 is 4.90 Å². The number of thioether (sulfide) groups is 1. The molecule has 1 N–H and O–H groups in total. The molecule has 0 saturated heterocycles. The van der Waals surface area contributed by atoms with Crippen molar-refractivity contribution in [3.63, 3.8) is 0 Å². The van der Waals surface area contributed by atoms with E-state index in [0.717, 1.165) is 5.56 Å². The number of aromatic amines is 1. The number of anilines is 1. The molecule has 1 atom stereocenters. The summed E-state index contributed by atoms with van der Waals surface area (Å²) < 4.78 is 27.4. The van der Waals surface area contributed by atoms with Crippen molar-refractivity contribution in [3.8, 4) is 0 Å². The average molecular weight is 283 g/mol. The highest BCUT2D eigenvalue weighted by Gasteiger charge is 2.29. The molecule has 0 radical (unpaired) electrons. The van der Waals surface area contributed by atoms with Crippen LogP contribution in [0, 0.1) is 0 Å². The summed E-state index contributed by atoms with van der Waals surface area (Å²) in [4.78, 5) is 1.78. The lowest BCUT2D eigenvalue weighted by Crippen LogP contribution is -2.17. The van der Waals surface area contributed by atoms with Crippen LogP contribution in [0.4, 0.5) is 14.5 Å². The Morgan fingerprint density at radius 2 is 2.32 bits per heavy atom. The standard InChI is InChI=1S/C11H11F2N5S/c1-17-6-8(9(16-17)10(12)13)18-2-3-19-11(18)7-4-14-15-5-7/h2-6,10-11H,1H3,(H,14,15). The summed E-state index contributed by atoms with van der Waals surface area (Å²) in [5, 5.41) is 12.2. The van der Waals surface area contributed by atoms with Crippen molar-refractivity contribution in [3.05, 3.63) is 41.5 Å². The van der Waals surface area contributed by atoms with Crippen molar-refractivity contribution >= 4 is 17.4 Å². The van der Waals surface area contributed by atoms with Gasteiger partial charge >= 0.3 is 0 Å². The predicted octanol–water partition coefficient (Wildman–Crippen LogP) is 2.80. The molecule has 3 rings (SSSR count).